The van der Waals surface area contributed by atoms with Crippen molar-refractivity contribution in [3.63, 3.8) is 0 Å². The summed E-state index contributed by atoms with van der Waals surface area (Å²) >= 11 is 7.15. The number of hydrogen-bond acceptors (Lipinski definition) is 4. The maximum atomic E-state index is 13.5. The average molecular weight is 428 g/mol. The largest absolute Gasteiger partial charge is 0.306 e. The summed E-state index contributed by atoms with van der Waals surface area (Å²) in [5.41, 5.74) is 1.51. The van der Waals surface area contributed by atoms with E-state index < -0.39 is 11.4 Å². The number of hydrogen-bond donors (Lipinski definition) is 0. The number of carbonyl (C=O) groups is 1. The first-order valence-corrected chi connectivity index (χ1v) is 10.00. The van der Waals surface area contributed by atoms with Gasteiger partial charge in [0.1, 0.15) is 0 Å². The number of rotatable bonds is 6. The lowest BCUT2D eigenvalue weighted by Gasteiger charge is -2.07. The molecular formula is C21H15ClFN3O2S. The van der Waals surface area contributed by atoms with E-state index in [0.29, 0.717) is 27.7 Å². The molecule has 5 nitrogen and oxygen atoms in total. The minimum atomic E-state index is -0.796. The van der Waals surface area contributed by atoms with Gasteiger partial charge in [0.2, 0.25) is 0 Å². The molecule has 1 aromatic carbocycles. The van der Waals surface area contributed by atoms with Gasteiger partial charge in [-0.3, -0.25) is 14.2 Å². The van der Waals surface area contributed by atoms with Crippen LogP contribution in [-0.4, -0.2) is 19.9 Å². The van der Waals surface area contributed by atoms with Gasteiger partial charge in [-0.2, -0.15) is 0 Å². The lowest BCUT2D eigenvalue weighted by atomic mass is 10.1. The van der Waals surface area contributed by atoms with Crippen LogP contribution in [-0.2, 0) is 6.42 Å². The number of aryl methyl sites for hydroxylation is 1. The highest BCUT2D eigenvalue weighted by atomic mass is 35.5. The molecule has 0 atom stereocenters. The summed E-state index contributed by atoms with van der Waals surface area (Å²) in [5, 5.41) is 0. The topological polar surface area (TPSA) is 56.9 Å². The van der Waals surface area contributed by atoms with Crippen LogP contribution in [0.15, 0.2) is 72.0 Å². The number of aromatic nitrogens is 3. The monoisotopic (exact) mass is 427 g/mol. The van der Waals surface area contributed by atoms with Gasteiger partial charge in [0.25, 0.3) is 5.56 Å². The molecule has 0 amide bonds. The minimum absolute atomic E-state index is 0.0429. The van der Waals surface area contributed by atoms with E-state index in [9.17, 15) is 14.0 Å². The third-order valence-electron chi connectivity index (χ3n) is 4.42. The van der Waals surface area contributed by atoms with Gasteiger partial charge in [-0.15, -0.1) is 11.3 Å². The third-order valence-corrected chi connectivity index (χ3v) is 5.69. The molecule has 0 radical (unpaired) electrons. The van der Waals surface area contributed by atoms with Gasteiger partial charge < -0.3 is 4.57 Å². The summed E-state index contributed by atoms with van der Waals surface area (Å²) < 4.78 is 17.2. The van der Waals surface area contributed by atoms with Crippen molar-refractivity contribution in [2.75, 3.05) is 0 Å². The zero-order chi connectivity index (χ0) is 20.4. The maximum absolute atomic E-state index is 13.5. The molecule has 0 aliphatic rings. The molecule has 3 heterocycles. The molecule has 4 aromatic rings. The smallest absolute Gasteiger partial charge is 0.291 e. The highest BCUT2D eigenvalue weighted by Crippen LogP contribution is 2.23. The van der Waals surface area contributed by atoms with Crippen molar-refractivity contribution in [3.05, 3.63) is 98.3 Å². The van der Waals surface area contributed by atoms with E-state index >= 15 is 0 Å². The summed E-state index contributed by atoms with van der Waals surface area (Å²) in [4.78, 5) is 29.1. The molecule has 0 bridgehead atoms. The molecule has 8 heteroatoms. The van der Waals surface area contributed by atoms with Crippen LogP contribution in [0.3, 0.4) is 0 Å². The second-order valence-corrected chi connectivity index (χ2v) is 8.06. The van der Waals surface area contributed by atoms with E-state index in [2.05, 4.69) is 4.98 Å². The van der Waals surface area contributed by atoms with Crippen molar-refractivity contribution in [3.8, 4) is 11.4 Å². The first-order chi connectivity index (χ1) is 14.0. The third kappa shape index (κ3) is 4.21. The molecule has 4 rings (SSSR count). The summed E-state index contributed by atoms with van der Waals surface area (Å²) in [5.74, 6) is -0.753. The summed E-state index contributed by atoms with van der Waals surface area (Å²) in [6.07, 6.45) is 5.93. The fourth-order valence-electron chi connectivity index (χ4n) is 2.92. The Balaban J connectivity index is 1.46. The lowest BCUT2D eigenvalue weighted by Crippen LogP contribution is -2.20. The standard InChI is InChI=1S/C21H15ClFN3O2S/c22-20-10-9-19(29-20)18(27)8-3-14-12-25(13-24-14)15-4-6-16(7-5-15)26-11-1-2-17(23)21(26)28/h1-2,4-7,9-13H,3,8H2. The Kier molecular flexibility index (Phi) is 5.42. The number of halogens is 2. The Hall–Kier alpha value is -3.03. The summed E-state index contributed by atoms with van der Waals surface area (Å²) in [7, 11) is 0. The number of carbonyl (C=O) groups excluding carboxylic acids is 1. The molecule has 0 aliphatic carbocycles. The summed E-state index contributed by atoms with van der Waals surface area (Å²) in [6, 6.07) is 13.2. The first kappa shape index (κ1) is 19.3. The van der Waals surface area contributed by atoms with Crippen molar-refractivity contribution in [2.45, 2.75) is 12.8 Å². The van der Waals surface area contributed by atoms with Gasteiger partial charge in [0.15, 0.2) is 11.6 Å². The molecule has 146 valence electrons. The number of imidazole rings is 1. The van der Waals surface area contributed by atoms with Gasteiger partial charge in [-0.25, -0.2) is 9.37 Å². The Morgan fingerprint density at radius 1 is 1.10 bits per heavy atom. The van der Waals surface area contributed by atoms with Crippen LogP contribution < -0.4 is 5.56 Å². The van der Waals surface area contributed by atoms with Crippen LogP contribution in [0.1, 0.15) is 21.8 Å². The molecule has 0 aliphatic heterocycles. The van der Waals surface area contributed by atoms with E-state index in [-0.39, 0.29) is 5.78 Å². The Bertz CT molecular complexity index is 1230. The Morgan fingerprint density at radius 2 is 1.86 bits per heavy atom. The number of Topliss-reactive ketones (excluding diaryl/α,β-unsaturated/α-hetero) is 1. The average Bonchev–Trinajstić information content (AvgIpc) is 3.38. The number of thiophene rings is 1. The molecule has 0 saturated carbocycles. The lowest BCUT2D eigenvalue weighted by molar-refractivity contribution is 0.0986. The van der Waals surface area contributed by atoms with Crippen LogP contribution in [0.4, 0.5) is 4.39 Å². The highest BCUT2D eigenvalue weighted by Gasteiger charge is 2.11. The van der Waals surface area contributed by atoms with Crippen LogP contribution in [0.5, 0.6) is 0 Å². The van der Waals surface area contributed by atoms with Crippen molar-refractivity contribution >= 4 is 28.7 Å². The first-order valence-electron chi connectivity index (χ1n) is 8.80. The van der Waals surface area contributed by atoms with Crippen molar-refractivity contribution in [1.82, 2.24) is 14.1 Å². The van der Waals surface area contributed by atoms with E-state index in [1.807, 2.05) is 22.9 Å². The molecule has 0 fully saturated rings. The van der Waals surface area contributed by atoms with E-state index in [1.54, 1.807) is 30.6 Å². The van der Waals surface area contributed by atoms with E-state index in [4.69, 9.17) is 11.6 Å². The number of pyridine rings is 1. The van der Waals surface area contributed by atoms with Gasteiger partial charge in [0, 0.05) is 30.2 Å². The molecule has 0 saturated heterocycles. The Morgan fingerprint density at radius 3 is 2.59 bits per heavy atom. The van der Waals surface area contributed by atoms with Crippen LogP contribution in [0, 0.1) is 5.82 Å². The second-order valence-electron chi connectivity index (χ2n) is 6.35. The number of benzene rings is 1. The van der Waals surface area contributed by atoms with Crippen molar-refractivity contribution < 1.29 is 9.18 Å². The van der Waals surface area contributed by atoms with E-state index in [1.165, 1.54) is 28.2 Å². The molecule has 0 spiro atoms. The SMILES string of the molecule is O=C(CCc1cn(-c2ccc(-n3cccc(F)c3=O)cc2)cn1)c1ccc(Cl)s1. The molecule has 29 heavy (non-hydrogen) atoms. The molecule has 0 N–H and O–H groups in total. The fraction of sp³-hybridized carbons (Fsp3) is 0.0952. The maximum Gasteiger partial charge on any atom is 0.291 e. The zero-order valence-corrected chi connectivity index (χ0v) is 16.7. The molecule has 3 aromatic heterocycles. The van der Waals surface area contributed by atoms with Gasteiger partial charge in [0.05, 0.1) is 21.2 Å². The van der Waals surface area contributed by atoms with Crippen molar-refractivity contribution in [2.24, 2.45) is 0 Å². The molecular weight excluding hydrogens is 413 g/mol. The Labute approximate surface area is 174 Å². The van der Waals surface area contributed by atoms with Crippen LogP contribution in [0.2, 0.25) is 4.34 Å². The zero-order valence-electron chi connectivity index (χ0n) is 15.1. The fourth-order valence-corrected chi connectivity index (χ4v) is 3.93. The minimum Gasteiger partial charge on any atom is -0.306 e. The predicted molar refractivity (Wildman–Crippen MR) is 111 cm³/mol. The predicted octanol–water partition coefficient (Wildman–Crippen LogP) is 4.69. The van der Waals surface area contributed by atoms with Gasteiger partial charge in [-0.05, 0) is 55.0 Å². The highest BCUT2D eigenvalue weighted by molar-refractivity contribution is 7.18. The summed E-state index contributed by atoms with van der Waals surface area (Å²) in [6.45, 7) is 0. The van der Waals surface area contributed by atoms with Crippen LogP contribution in [0.25, 0.3) is 11.4 Å². The quantitative estimate of drug-likeness (QED) is 0.419. The van der Waals surface area contributed by atoms with Gasteiger partial charge in [-0.1, -0.05) is 11.6 Å². The second kappa shape index (κ2) is 8.14. The van der Waals surface area contributed by atoms with E-state index in [0.717, 1.165) is 17.4 Å². The number of ketones is 1. The van der Waals surface area contributed by atoms with Crippen LogP contribution >= 0.6 is 22.9 Å². The molecule has 0 unspecified atom stereocenters. The van der Waals surface area contributed by atoms with Crippen molar-refractivity contribution in [1.29, 1.82) is 0 Å². The number of nitrogens with zero attached hydrogens (tertiary/aromatic N) is 3. The normalized spacial score (nSPS) is 11.0. The van der Waals surface area contributed by atoms with Gasteiger partial charge >= 0.3 is 0 Å².